The Kier molecular flexibility index (Phi) is 4.64. The molecule has 0 saturated carbocycles. The minimum atomic E-state index is -1.05. The Morgan fingerprint density at radius 2 is 1.81 bits per heavy atom. The number of hydrogen-bond donors (Lipinski definition) is 3. The zero-order chi connectivity index (χ0) is 15.6. The number of anilines is 2. The van der Waals surface area contributed by atoms with Crippen LogP contribution in [0.2, 0.25) is 0 Å². The van der Waals surface area contributed by atoms with Crippen molar-refractivity contribution in [2.24, 2.45) is 5.73 Å². The molecule has 0 unspecified atom stereocenters. The summed E-state index contributed by atoms with van der Waals surface area (Å²) in [4.78, 5) is 22.6. The third kappa shape index (κ3) is 3.43. The van der Waals surface area contributed by atoms with Gasteiger partial charge in [0.1, 0.15) is 0 Å². The van der Waals surface area contributed by atoms with Gasteiger partial charge in [-0.15, -0.1) is 0 Å². The van der Waals surface area contributed by atoms with Crippen LogP contribution in [0, 0.1) is 0 Å². The number of amides is 1. The maximum absolute atomic E-state index is 11.5. The summed E-state index contributed by atoms with van der Waals surface area (Å²) in [5.41, 5.74) is 6.82. The Balaban J connectivity index is 2.44. The molecule has 2 aromatic rings. The molecule has 4 N–H and O–H groups in total. The monoisotopic (exact) mass is 412 g/mol. The number of primary amides is 1. The third-order valence-electron chi connectivity index (χ3n) is 2.74. The standard InChI is InChI=1S/C14H10Br2N2O3/c15-9-5-4-7(6-8(9)14(20)21)18-11-3-1-2-10(16)12(11)13(17)19/h1-6,18H,(H2,17,19)(H,20,21). The van der Waals surface area contributed by atoms with Gasteiger partial charge in [-0.3, -0.25) is 4.79 Å². The molecule has 7 heteroatoms. The lowest BCUT2D eigenvalue weighted by Crippen LogP contribution is -2.14. The highest BCUT2D eigenvalue weighted by Gasteiger charge is 2.14. The number of aromatic carboxylic acids is 1. The summed E-state index contributed by atoms with van der Waals surface area (Å²) >= 11 is 6.44. The van der Waals surface area contributed by atoms with Crippen molar-refractivity contribution >= 4 is 55.1 Å². The summed E-state index contributed by atoms with van der Waals surface area (Å²) < 4.78 is 1.04. The number of carboxylic acids is 1. The van der Waals surface area contributed by atoms with E-state index in [1.54, 1.807) is 30.3 Å². The molecule has 21 heavy (non-hydrogen) atoms. The van der Waals surface area contributed by atoms with E-state index in [0.29, 0.717) is 25.9 Å². The number of halogens is 2. The molecule has 0 fully saturated rings. The van der Waals surface area contributed by atoms with E-state index in [2.05, 4.69) is 37.2 Å². The fraction of sp³-hybridized carbons (Fsp3) is 0. The first-order valence-electron chi connectivity index (χ1n) is 5.78. The maximum atomic E-state index is 11.5. The average molecular weight is 414 g/mol. The SMILES string of the molecule is NC(=O)c1c(Br)cccc1Nc1ccc(Br)c(C(=O)O)c1. The first kappa shape index (κ1) is 15.5. The molecule has 0 atom stereocenters. The fourth-order valence-electron chi connectivity index (χ4n) is 1.80. The summed E-state index contributed by atoms with van der Waals surface area (Å²) in [5.74, 6) is -1.63. The lowest BCUT2D eigenvalue weighted by Gasteiger charge is -2.12. The zero-order valence-corrected chi connectivity index (χ0v) is 13.7. The highest BCUT2D eigenvalue weighted by Crippen LogP contribution is 2.29. The van der Waals surface area contributed by atoms with Gasteiger partial charge in [0.15, 0.2) is 0 Å². The Labute approximate surface area is 137 Å². The molecular weight excluding hydrogens is 404 g/mol. The molecule has 108 valence electrons. The molecule has 0 aliphatic rings. The Morgan fingerprint density at radius 1 is 1.10 bits per heavy atom. The van der Waals surface area contributed by atoms with Gasteiger partial charge >= 0.3 is 5.97 Å². The van der Waals surface area contributed by atoms with Crippen molar-refractivity contribution < 1.29 is 14.7 Å². The normalized spacial score (nSPS) is 10.2. The topological polar surface area (TPSA) is 92.4 Å². The number of nitrogens with two attached hydrogens (primary N) is 1. The van der Waals surface area contributed by atoms with E-state index in [9.17, 15) is 9.59 Å². The Hall–Kier alpha value is -1.86. The van der Waals surface area contributed by atoms with E-state index < -0.39 is 11.9 Å². The zero-order valence-electron chi connectivity index (χ0n) is 10.6. The highest BCUT2D eigenvalue weighted by atomic mass is 79.9. The van der Waals surface area contributed by atoms with Crippen LogP contribution in [0.4, 0.5) is 11.4 Å². The number of benzene rings is 2. The van der Waals surface area contributed by atoms with Crippen molar-refractivity contribution in [3.05, 3.63) is 56.5 Å². The van der Waals surface area contributed by atoms with Crippen LogP contribution in [0.25, 0.3) is 0 Å². The number of hydrogen-bond acceptors (Lipinski definition) is 3. The third-order valence-corrected chi connectivity index (χ3v) is 4.09. The fourth-order valence-corrected chi connectivity index (χ4v) is 2.78. The van der Waals surface area contributed by atoms with Crippen molar-refractivity contribution in [3.8, 4) is 0 Å². The number of rotatable bonds is 4. The number of carbonyl (C=O) groups excluding carboxylic acids is 1. The lowest BCUT2D eigenvalue weighted by molar-refractivity contribution is 0.0695. The molecule has 1 amide bonds. The molecule has 2 rings (SSSR count). The van der Waals surface area contributed by atoms with Gasteiger partial charge in [0.2, 0.25) is 0 Å². The molecule has 0 bridgehead atoms. The van der Waals surface area contributed by atoms with Gasteiger partial charge in [-0.2, -0.15) is 0 Å². The van der Waals surface area contributed by atoms with Crippen LogP contribution in [0.15, 0.2) is 45.3 Å². The van der Waals surface area contributed by atoms with E-state index in [-0.39, 0.29) is 5.56 Å². The molecule has 0 heterocycles. The Bertz CT molecular complexity index is 732. The van der Waals surface area contributed by atoms with Crippen LogP contribution < -0.4 is 11.1 Å². The van der Waals surface area contributed by atoms with Crippen LogP contribution in [-0.4, -0.2) is 17.0 Å². The van der Waals surface area contributed by atoms with Gasteiger partial charge in [-0.1, -0.05) is 6.07 Å². The van der Waals surface area contributed by atoms with Crippen LogP contribution in [0.5, 0.6) is 0 Å². The van der Waals surface area contributed by atoms with Gasteiger partial charge in [-0.25, -0.2) is 4.79 Å². The molecular formula is C14H10Br2N2O3. The molecule has 0 spiro atoms. The number of nitrogens with one attached hydrogen (secondary N) is 1. The maximum Gasteiger partial charge on any atom is 0.336 e. The van der Waals surface area contributed by atoms with Gasteiger partial charge in [0.25, 0.3) is 5.91 Å². The van der Waals surface area contributed by atoms with Gasteiger partial charge in [0.05, 0.1) is 16.8 Å². The van der Waals surface area contributed by atoms with E-state index in [1.165, 1.54) is 6.07 Å². The van der Waals surface area contributed by atoms with E-state index in [1.807, 2.05) is 0 Å². The van der Waals surface area contributed by atoms with E-state index >= 15 is 0 Å². The predicted molar refractivity (Wildman–Crippen MR) is 87.0 cm³/mol. The van der Waals surface area contributed by atoms with Crippen LogP contribution in [-0.2, 0) is 0 Å². The molecule has 5 nitrogen and oxygen atoms in total. The van der Waals surface area contributed by atoms with Gasteiger partial charge < -0.3 is 16.2 Å². The minimum absolute atomic E-state index is 0.121. The van der Waals surface area contributed by atoms with Gasteiger partial charge in [-0.05, 0) is 62.2 Å². The predicted octanol–water partition coefficient (Wildman–Crippen LogP) is 3.75. The van der Waals surface area contributed by atoms with Gasteiger partial charge in [0, 0.05) is 14.6 Å². The molecule has 0 aliphatic carbocycles. The summed E-state index contributed by atoms with van der Waals surface area (Å²) in [5, 5.41) is 12.1. The van der Waals surface area contributed by atoms with Crippen molar-refractivity contribution in [1.82, 2.24) is 0 Å². The van der Waals surface area contributed by atoms with Crippen LogP contribution in [0.3, 0.4) is 0 Å². The Morgan fingerprint density at radius 3 is 2.43 bits per heavy atom. The van der Waals surface area contributed by atoms with Crippen LogP contribution >= 0.6 is 31.9 Å². The average Bonchev–Trinajstić information content (AvgIpc) is 2.40. The van der Waals surface area contributed by atoms with Crippen molar-refractivity contribution in [2.45, 2.75) is 0 Å². The van der Waals surface area contributed by atoms with Crippen molar-refractivity contribution in [3.63, 3.8) is 0 Å². The summed E-state index contributed by atoms with van der Waals surface area (Å²) in [7, 11) is 0. The smallest absolute Gasteiger partial charge is 0.336 e. The largest absolute Gasteiger partial charge is 0.478 e. The quantitative estimate of drug-likeness (QED) is 0.711. The second kappa shape index (κ2) is 6.28. The first-order chi connectivity index (χ1) is 9.90. The molecule has 0 aliphatic heterocycles. The first-order valence-corrected chi connectivity index (χ1v) is 7.37. The molecule has 0 saturated heterocycles. The second-order valence-electron chi connectivity index (χ2n) is 4.15. The van der Waals surface area contributed by atoms with Crippen molar-refractivity contribution in [1.29, 1.82) is 0 Å². The number of carboxylic acid groups (broad SMARTS) is 1. The highest BCUT2D eigenvalue weighted by molar-refractivity contribution is 9.10. The van der Waals surface area contributed by atoms with E-state index in [0.717, 1.165) is 0 Å². The summed E-state index contributed by atoms with van der Waals surface area (Å²) in [6, 6.07) is 9.92. The molecule has 2 aromatic carbocycles. The molecule has 0 radical (unpaired) electrons. The molecule has 0 aromatic heterocycles. The lowest BCUT2D eigenvalue weighted by atomic mass is 10.1. The summed E-state index contributed by atoms with van der Waals surface area (Å²) in [6.45, 7) is 0. The van der Waals surface area contributed by atoms with Crippen molar-refractivity contribution in [2.75, 3.05) is 5.32 Å². The van der Waals surface area contributed by atoms with Crippen LogP contribution in [0.1, 0.15) is 20.7 Å². The number of carbonyl (C=O) groups is 2. The second-order valence-corrected chi connectivity index (χ2v) is 5.86. The van der Waals surface area contributed by atoms with E-state index in [4.69, 9.17) is 10.8 Å². The minimum Gasteiger partial charge on any atom is -0.478 e. The summed E-state index contributed by atoms with van der Waals surface area (Å²) in [6.07, 6.45) is 0.